The third-order valence-corrected chi connectivity index (χ3v) is 6.63. The first-order valence-corrected chi connectivity index (χ1v) is 10.9. The number of anilines is 1. The van der Waals surface area contributed by atoms with E-state index < -0.39 is 22.6 Å². The van der Waals surface area contributed by atoms with Crippen LogP contribution >= 0.6 is 22.7 Å². The van der Waals surface area contributed by atoms with E-state index in [9.17, 15) is 24.8 Å². The number of amides is 1. The molecule has 1 amide bonds. The first-order chi connectivity index (χ1) is 14.3. The average molecular weight is 444 g/mol. The minimum absolute atomic E-state index is 0.0638. The van der Waals surface area contributed by atoms with Crippen molar-refractivity contribution >= 4 is 55.4 Å². The molecular formula is C20H17N3O5S2. The van der Waals surface area contributed by atoms with Crippen LogP contribution in [0, 0.1) is 16.0 Å². The summed E-state index contributed by atoms with van der Waals surface area (Å²) in [4.78, 5) is 43.0. The zero-order chi connectivity index (χ0) is 21.6. The summed E-state index contributed by atoms with van der Waals surface area (Å²) in [6.07, 6.45) is 0.203. The van der Waals surface area contributed by atoms with E-state index >= 15 is 0 Å². The fourth-order valence-corrected chi connectivity index (χ4v) is 5.25. The van der Waals surface area contributed by atoms with Gasteiger partial charge in [0.1, 0.15) is 6.04 Å². The molecule has 3 heterocycles. The van der Waals surface area contributed by atoms with Gasteiger partial charge in [0.2, 0.25) is 0 Å². The van der Waals surface area contributed by atoms with E-state index in [1.165, 1.54) is 34.4 Å². The molecule has 0 aliphatic carbocycles. The fraction of sp³-hybridized carbons (Fsp3) is 0.250. The second-order valence-corrected chi connectivity index (χ2v) is 9.27. The van der Waals surface area contributed by atoms with Gasteiger partial charge in [-0.2, -0.15) is 0 Å². The Morgan fingerprint density at radius 2 is 2.13 bits per heavy atom. The standard InChI is InChI=1S/C20H17N3O5S2/c1-10(2)8-13(24)16-17(14-4-3-7-29-14)22(19(26)18(16)25)20-21-12-6-5-11(23(27)28)9-15(12)30-20/h3-7,9-10,17,25H,8H2,1-2H3. The molecule has 0 saturated carbocycles. The Hall–Kier alpha value is -3.11. The lowest BCUT2D eigenvalue weighted by molar-refractivity contribution is -0.384. The Morgan fingerprint density at radius 1 is 1.37 bits per heavy atom. The number of aliphatic hydroxyl groups excluding tert-OH is 1. The lowest BCUT2D eigenvalue weighted by Crippen LogP contribution is -2.30. The first kappa shape index (κ1) is 20.2. The Bertz CT molecular complexity index is 1200. The van der Waals surface area contributed by atoms with Crippen molar-refractivity contribution in [2.45, 2.75) is 26.3 Å². The number of ketones is 1. The number of thiazole rings is 1. The molecule has 0 bridgehead atoms. The number of rotatable bonds is 6. The Balaban J connectivity index is 1.83. The molecular weight excluding hydrogens is 426 g/mol. The molecule has 3 aromatic rings. The third kappa shape index (κ3) is 3.37. The van der Waals surface area contributed by atoms with Gasteiger partial charge < -0.3 is 5.11 Å². The number of carbonyl (C=O) groups excluding carboxylic acids is 2. The molecule has 1 aliphatic rings. The van der Waals surface area contributed by atoms with Crippen LogP contribution in [0.25, 0.3) is 10.2 Å². The maximum Gasteiger partial charge on any atom is 0.296 e. The number of hydrogen-bond donors (Lipinski definition) is 1. The van der Waals surface area contributed by atoms with Crippen molar-refractivity contribution in [3.63, 3.8) is 0 Å². The monoisotopic (exact) mass is 443 g/mol. The number of fused-ring (bicyclic) bond motifs is 1. The lowest BCUT2D eigenvalue weighted by Gasteiger charge is -2.23. The van der Waals surface area contributed by atoms with Crippen LogP contribution in [0.2, 0.25) is 0 Å². The molecule has 0 fully saturated rings. The number of benzene rings is 1. The van der Waals surface area contributed by atoms with E-state index in [0.29, 0.717) is 10.2 Å². The number of nitro groups is 1. The fourth-order valence-electron chi connectivity index (χ4n) is 3.40. The summed E-state index contributed by atoms with van der Waals surface area (Å²) in [5.74, 6) is -1.49. The maximum atomic E-state index is 13.0. The number of aliphatic hydroxyl groups is 1. The van der Waals surface area contributed by atoms with Gasteiger partial charge in [0, 0.05) is 23.4 Å². The quantitative estimate of drug-likeness (QED) is 0.433. The molecule has 1 aromatic carbocycles. The van der Waals surface area contributed by atoms with E-state index in [4.69, 9.17) is 0 Å². The van der Waals surface area contributed by atoms with Crippen molar-refractivity contribution in [3.8, 4) is 0 Å². The van der Waals surface area contributed by atoms with Gasteiger partial charge in [-0.25, -0.2) is 4.98 Å². The number of nitrogens with zero attached hydrogens (tertiary/aromatic N) is 3. The highest BCUT2D eigenvalue weighted by molar-refractivity contribution is 7.22. The van der Waals surface area contributed by atoms with Gasteiger partial charge in [0.25, 0.3) is 11.6 Å². The van der Waals surface area contributed by atoms with Crippen molar-refractivity contribution in [2.75, 3.05) is 4.90 Å². The minimum atomic E-state index is -0.778. The maximum absolute atomic E-state index is 13.0. The molecule has 0 saturated heterocycles. The molecule has 1 unspecified atom stereocenters. The molecule has 1 aliphatic heterocycles. The molecule has 1 atom stereocenters. The first-order valence-electron chi connectivity index (χ1n) is 9.16. The number of hydrogen-bond acceptors (Lipinski definition) is 8. The van der Waals surface area contributed by atoms with Gasteiger partial charge >= 0.3 is 0 Å². The Kier molecular flexibility index (Phi) is 5.12. The van der Waals surface area contributed by atoms with Crippen molar-refractivity contribution in [1.82, 2.24) is 4.98 Å². The molecule has 2 aromatic heterocycles. The smallest absolute Gasteiger partial charge is 0.296 e. The van der Waals surface area contributed by atoms with E-state index in [0.717, 1.165) is 16.2 Å². The number of Topliss-reactive ketones (excluding diaryl/α,β-unsaturated/α-hetero) is 1. The number of aromatic nitrogens is 1. The molecule has 30 heavy (non-hydrogen) atoms. The SMILES string of the molecule is CC(C)CC(=O)C1=C(O)C(=O)N(c2nc3ccc([N+](=O)[O-])cc3s2)C1c1cccs1. The third-order valence-electron chi connectivity index (χ3n) is 4.69. The van der Waals surface area contributed by atoms with Gasteiger partial charge in [-0.3, -0.25) is 24.6 Å². The van der Waals surface area contributed by atoms with Crippen LogP contribution in [-0.4, -0.2) is 26.7 Å². The van der Waals surface area contributed by atoms with Crippen LogP contribution in [0.3, 0.4) is 0 Å². The molecule has 8 nitrogen and oxygen atoms in total. The topological polar surface area (TPSA) is 114 Å². The lowest BCUT2D eigenvalue weighted by atomic mass is 9.96. The highest BCUT2D eigenvalue weighted by Gasteiger charge is 2.46. The van der Waals surface area contributed by atoms with E-state index in [-0.39, 0.29) is 34.5 Å². The molecule has 10 heteroatoms. The Labute approximate surface area is 179 Å². The average Bonchev–Trinajstić information content (AvgIpc) is 3.39. The largest absolute Gasteiger partial charge is 0.503 e. The summed E-state index contributed by atoms with van der Waals surface area (Å²) in [5.41, 5.74) is 0.496. The molecule has 0 radical (unpaired) electrons. The summed E-state index contributed by atoms with van der Waals surface area (Å²) < 4.78 is 0.540. The van der Waals surface area contributed by atoms with Crippen LogP contribution < -0.4 is 4.90 Å². The van der Waals surface area contributed by atoms with Crippen LogP contribution in [0.4, 0.5) is 10.8 Å². The molecule has 0 spiro atoms. The van der Waals surface area contributed by atoms with Gasteiger partial charge in [0.05, 0.1) is 20.7 Å². The van der Waals surface area contributed by atoms with Crippen molar-refractivity contribution in [2.24, 2.45) is 5.92 Å². The second-order valence-electron chi connectivity index (χ2n) is 7.28. The van der Waals surface area contributed by atoms with E-state index in [1.54, 1.807) is 6.07 Å². The zero-order valence-corrected chi connectivity index (χ0v) is 17.7. The van der Waals surface area contributed by atoms with Crippen molar-refractivity contribution in [3.05, 3.63) is 62.0 Å². The highest BCUT2D eigenvalue weighted by atomic mass is 32.1. The number of nitro benzene ring substituents is 1. The summed E-state index contributed by atoms with van der Waals surface area (Å²) in [5, 5.41) is 23.8. The Morgan fingerprint density at radius 3 is 2.77 bits per heavy atom. The predicted molar refractivity (Wildman–Crippen MR) is 115 cm³/mol. The summed E-state index contributed by atoms with van der Waals surface area (Å²) in [6, 6.07) is 7.10. The van der Waals surface area contributed by atoms with Crippen molar-refractivity contribution < 1.29 is 19.6 Å². The number of non-ortho nitro benzene ring substituents is 1. The zero-order valence-electron chi connectivity index (χ0n) is 16.1. The van der Waals surface area contributed by atoms with Crippen LogP contribution in [-0.2, 0) is 9.59 Å². The van der Waals surface area contributed by atoms with Crippen LogP contribution in [0.15, 0.2) is 47.0 Å². The summed E-state index contributed by atoms with van der Waals surface area (Å²) in [7, 11) is 0. The second kappa shape index (κ2) is 7.62. The van der Waals surface area contributed by atoms with Gasteiger partial charge in [-0.15, -0.1) is 11.3 Å². The molecule has 1 N–H and O–H groups in total. The predicted octanol–water partition coefficient (Wildman–Crippen LogP) is 4.78. The summed E-state index contributed by atoms with van der Waals surface area (Å²) >= 11 is 2.48. The number of thiophene rings is 1. The summed E-state index contributed by atoms with van der Waals surface area (Å²) in [6.45, 7) is 3.79. The molecule has 154 valence electrons. The van der Waals surface area contributed by atoms with Gasteiger partial charge in [-0.05, 0) is 23.4 Å². The van der Waals surface area contributed by atoms with Gasteiger partial charge in [-0.1, -0.05) is 31.3 Å². The molecule has 4 rings (SSSR count). The highest BCUT2D eigenvalue weighted by Crippen LogP contribution is 2.45. The van der Waals surface area contributed by atoms with E-state index in [1.807, 2.05) is 25.3 Å². The minimum Gasteiger partial charge on any atom is -0.503 e. The van der Waals surface area contributed by atoms with Crippen LogP contribution in [0.5, 0.6) is 0 Å². The number of carbonyl (C=O) groups is 2. The van der Waals surface area contributed by atoms with Crippen molar-refractivity contribution in [1.29, 1.82) is 0 Å². The normalized spacial score (nSPS) is 16.8. The van der Waals surface area contributed by atoms with Crippen LogP contribution in [0.1, 0.15) is 31.2 Å². The van der Waals surface area contributed by atoms with E-state index in [2.05, 4.69) is 4.98 Å². The van der Waals surface area contributed by atoms with Gasteiger partial charge in [0.15, 0.2) is 16.7 Å².